The Balaban J connectivity index is 1.28. The quantitative estimate of drug-likeness (QED) is 0.321. The van der Waals surface area contributed by atoms with Crippen LogP contribution < -0.4 is 10.6 Å². The lowest BCUT2D eigenvalue weighted by molar-refractivity contribution is 0.0501. The van der Waals surface area contributed by atoms with Gasteiger partial charge >= 0.3 is 0 Å². The van der Waals surface area contributed by atoms with E-state index in [2.05, 4.69) is 26.7 Å². The van der Waals surface area contributed by atoms with Gasteiger partial charge in [-0.3, -0.25) is 15.1 Å². The van der Waals surface area contributed by atoms with E-state index in [4.69, 9.17) is 4.74 Å². The van der Waals surface area contributed by atoms with E-state index in [-0.39, 0.29) is 18.0 Å². The van der Waals surface area contributed by atoms with Crippen molar-refractivity contribution in [3.05, 3.63) is 76.6 Å². The molecular weight excluding hydrogens is 462 g/mol. The smallest absolute Gasteiger partial charge is 0.253 e. The Morgan fingerprint density at radius 3 is 2.94 bits per heavy atom. The second-order valence-electron chi connectivity index (χ2n) is 8.75. The Labute approximate surface area is 208 Å². The van der Waals surface area contributed by atoms with E-state index in [1.807, 2.05) is 41.2 Å². The highest BCUT2D eigenvalue weighted by molar-refractivity contribution is 7.10. The van der Waals surface area contributed by atoms with Crippen LogP contribution in [0.2, 0.25) is 0 Å². The Hall–Kier alpha value is -3.11. The van der Waals surface area contributed by atoms with E-state index in [0.29, 0.717) is 5.56 Å². The van der Waals surface area contributed by atoms with Crippen molar-refractivity contribution in [2.75, 3.05) is 13.2 Å². The van der Waals surface area contributed by atoms with Gasteiger partial charge in [0.2, 0.25) is 0 Å². The van der Waals surface area contributed by atoms with Crippen LogP contribution in [0.5, 0.6) is 0 Å². The van der Waals surface area contributed by atoms with Gasteiger partial charge in [0.05, 0.1) is 11.6 Å². The van der Waals surface area contributed by atoms with Gasteiger partial charge in [-0.05, 0) is 60.0 Å². The Bertz CT molecular complexity index is 1300. The Morgan fingerprint density at radius 2 is 2.11 bits per heavy atom. The van der Waals surface area contributed by atoms with Crippen molar-refractivity contribution >= 4 is 22.9 Å². The second kappa shape index (κ2) is 10.7. The third-order valence-electron chi connectivity index (χ3n) is 6.36. The first-order valence-corrected chi connectivity index (χ1v) is 12.8. The topological polar surface area (TPSA) is 101 Å². The minimum absolute atomic E-state index is 0.141. The number of aromatic nitrogens is 3. The Morgan fingerprint density at radius 1 is 1.26 bits per heavy atom. The van der Waals surface area contributed by atoms with Crippen LogP contribution in [0.25, 0.3) is 16.8 Å². The van der Waals surface area contributed by atoms with Crippen LogP contribution in [0.3, 0.4) is 0 Å². The fourth-order valence-corrected chi connectivity index (χ4v) is 5.20. The van der Waals surface area contributed by atoms with Gasteiger partial charge in [-0.1, -0.05) is 6.92 Å². The molecule has 1 saturated heterocycles. The predicted molar refractivity (Wildman–Crippen MR) is 135 cm³/mol. The number of aliphatic hydroxyl groups excluding tert-OH is 1. The summed E-state index contributed by atoms with van der Waals surface area (Å²) >= 11 is 1.52. The van der Waals surface area contributed by atoms with Gasteiger partial charge in [-0.25, -0.2) is 4.98 Å². The van der Waals surface area contributed by atoms with Crippen molar-refractivity contribution in [2.24, 2.45) is 0 Å². The maximum absolute atomic E-state index is 12.9. The highest BCUT2D eigenvalue weighted by Gasteiger charge is 2.20. The summed E-state index contributed by atoms with van der Waals surface area (Å²) in [7, 11) is 0. The van der Waals surface area contributed by atoms with Crippen molar-refractivity contribution in [1.82, 2.24) is 25.0 Å². The summed E-state index contributed by atoms with van der Waals surface area (Å²) in [5.41, 5.74) is 4.27. The molecule has 3 N–H and O–H groups in total. The molecule has 0 aromatic carbocycles. The third kappa shape index (κ3) is 5.43. The number of hydrogen-bond acceptors (Lipinski definition) is 7. The molecule has 0 radical (unpaired) electrons. The van der Waals surface area contributed by atoms with Gasteiger partial charge in [-0.15, -0.1) is 11.3 Å². The van der Waals surface area contributed by atoms with Crippen molar-refractivity contribution in [2.45, 2.75) is 44.5 Å². The number of hydrogen-bond donors (Lipinski definition) is 3. The number of ether oxygens (including phenoxy) is 1. The third-order valence-corrected chi connectivity index (χ3v) is 7.35. The number of fused-ring (bicyclic) bond motifs is 1. The minimum atomic E-state index is -0.705. The molecule has 4 aromatic rings. The van der Waals surface area contributed by atoms with Crippen LogP contribution in [-0.2, 0) is 4.74 Å². The molecule has 1 unspecified atom stereocenters. The van der Waals surface area contributed by atoms with Gasteiger partial charge in [-0.2, -0.15) is 0 Å². The number of carbonyl (C=O) groups excluding carboxylic acids is 1. The number of imidazole rings is 1. The molecule has 5 rings (SSSR count). The molecule has 0 aliphatic carbocycles. The first kappa shape index (κ1) is 23.6. The van der Waals surface area contributed by atoms with Gasteiger partial charge in [0.25, 0.3) is 5.91 Å². The van der Waals surface area contributed by atoms with Gasteiger partial charge in [0, 0.05) is 60.7 Å². The largest absolute Gasteiger partial charge is 0.381 e. The number of carbonyl (C=O) groups is 1. The summed E-state index contributed by atoms with van der Waals surface area (Å²) in [4.78, 5) is 22.5. The normalized spacial score (nSPS) is 16.3. The number of rotatable bonds is 8. The van der Waals surface area contributed by atoms with Crippen molar-refractivity contribution in [3.63, 3.8) is 0 Å². The van der Waals surface area contributed by atoms with E-state index < -0.39 is 6.23 Å². The van der Waals surface area contributed by atoms with Gasteiger partial charge < -0.3 is 19.6 Å². The molecule has 8 nitrogen and oxygen atoms in total. The van der Waals surface area contributed by atoms with Crippen molar-refractivity contribution in [1.29, 1.82) is 0 Å². The maximum atomic E-state index is 12.9. The fraction of sp³-hybridized carbons (Fsp3) is 0.346. The molecule has 1 aliphatic heterocycles. The monoisotopic (exact) mass is 491 g/mol. The molecule has 1 amide bonds. The fourth-order valence-electron chi connectivity index (χ4n) is 4.34. The highest BCUT2D eigenvalue weighted by Crippen LogP contribution is 2.30. The predicted octanol–water partition coefficient (Wildman–Crippen LogP) is 4.10. The van der Waals surface area contributed by atoms with Gasteiger partial charge in [0.15, 0.2) is 0 Å². The average molecular weight is 492 g/mol. The molecule has 9 heteroatoms. The summed E-state index contributed by atoms with van der Waals surface area (Å²) in [5.74, 6) is -0.141. The standard InChI is InChI=1S/C26H29N5O3S/c1-2-22(30-25(32)17-3-4-24-28-7-8-31(24)15-17)19-11-18(13-27-14-19)20-12-23(35-16-20)26(33)29-21-5-9-34-10-6-21/h3-4,7-8,11-16,21-22,26,29,33H,2,5-6,9-10H2,1H3,(H,30,32)/t22-,26?/m1/s1. The average Bonchev–Trinajstić information content (AvgIpc) is 3.57. The second-order valence-corrected chi connectivity index (χ2v) is 9.69. The molecule has 0 bridgehead atoms. The van der Waals surface area contributed by atoms with E-state index >= 15 is 0 Å². The lowest BCUT2D eigenvalue weighted by atomic mass is 10.0. The number of amides is 1. The number of aliphatic hydroxyl groups is 1. The van der Waals surface area contributed by atoms with Crippen LogP contribution in [0, 0.1) is 0 Å². The first-order valence-electron chi connectivity index (χ1n) is 11.9. The highest BCUT2D eigenvalue weighted by atomic mass is 32.1. The number of pyridine rings is 2. The van der Waals surface area contributed by atoms with Crippen LogP contribution in [-0.4, -0.2) is 44.6 Å². The molecule has 0 saturated carbocycles. The number of nitrogens with zero attached hydrogens (tertiary/aromatic N) is 3. The molecule has 4 aromatic heterocycles. The summed E-state index contributed by atoms with van der Waals surface area (Å²) in [6.07, 6.45) is 10.8. The SMILES string of the molecule is CC[C@@H](NC(=O)c1ccc2nccn2c1)c1cncc(-c2csc(C(O)NC3CCOCC3)c2)c1. The van der Waals surface area contributed by atoms with E-state index in [1.54, 1.807) is 24.7 Å². The van der Waals surface area contributed by atoms with Crippen LogP contribution in [0.4, 0.5) is 0 Å². The molecule has 35 heavy (non-hydrogen) atoms. The number of thiophene rings is 1. The molecule has 2 atom stereocenters. The molecular formula is C26H29N5O3S. The van der Waals surface area contributed by atoms with Gasteiger partial charge in [0.1, 0.15) is 11.9 Å². The zero-order valence-electron chi connectivity index (χ0n) is 19.6. The molecule has 0 spiro atoms. The van der Waals surface area contributed by atoms with Crippen LogP contribution >= 0.6 is 11.3 Å². The summed E-state index contributed by atoms with van der Waals surface area (Å²) in [5, 5.41) is 19.1. The molecule has 5 heterocycles. The van der Waals surface area contributed by atoms with E-state index in [0.717, 1.165) is 59.7 Å². The summed E-state index contributed by atoms with van der Waals surface area (Å²) in [6, 6.07) is 7.76. The molecule has 1 aliphatic rings. The van der Waals surface area contributed by atoms with E-state index in [1.165, 1.54) is 11.3 Å². The lowest BCUT2D eigenvalue weighted by Gasteiger charge is -2.25. The maximum Gasteiger partial charge on any atom is 0.253 e. The zero-order chi connectivity index (χ0) is 24.2. The minimum Gasteiger partial charge on any atom is -0.381 e. The van der Waals surface area contributed by atoms with Crippen molar-refractivity contribution in [3.8, 4) is 11.1 Å². The van der Waals surface area contributed by atoms with Crippen LogP contribution in [0.1, 0.15) is 59.3 Å². The summed E-state index contributed by atoms with van der Waals surface area (Å²) < 4.78 is 7.23. The van der Waals surface area contributed by atoms with Crippen molar-refractivity contribution < 1.29 is 14.6 Å². The summed E-state index contributed by atoms with van der Waals surface area (Å²) in [6.45, 7) is 3.50. The zero-order valence-corrected chi connectivity index (χ0v) is 20.4. The van der Waals surface area contributed by atoms with Crippen LogP contribution in [0.15, 0.2) is 60.6 Å². The number of nitrogens with one attached hydrogen (secondary N) is 2. The molecule has 182 valence electrons. The lowest BCUT2D eigenvalue weighted by Crippen LogP contribution is -2.37. The Kier molecular flexibility index (Phi) is 7.19. The first-order chi connectivity index (χ1) is 17.1. The van der Waals surface area contributed by atoms with E-state index in [9.17, 15) is 9.90 Å². The molecule has 1 fully saturated rings.